The lowest BCUT2D eigenvalue weighted by Gasteiger charge is -2.35. The minimum absolute atomic E-state index is 0.171. The van der Waals surface area contributed by atoms with Crippen molar-refractivity contribution in [3.63, 3.8) is 0 Å². The molecule has 0 saturated heterocycles. The van der Waals surface area contributed by atoms with Crippen LogP contribution >= 0.6 is 0 Å². The molecule has 0 spiro atoms. The van der Waals surface area contributed by atoms with Crippen molar-refractivity contribution in [3.8, 4) is 5.75 Å². The summed E-state index contributed by atoms with van der Waals surface area (Å²) in [5.74, 6) is 0.785. The molecular formula is C20H24N2O3. The van der Waals surface area contributed by atoms with Gasteiger partial charge in [-0.1, -0.05) is 24.3 Å². The molecule has 0 aliphatic heterocycles. The first-order valence-electron chi connectivity index (χ1n) is 8.52. The second-order valence-electron chi connectivity index (χ2n) is 6.53. The molecule has 25 heavy (non-hydrogen) atoms. The number of aryl methyl sites for hydroxylation is 2. The van der Waals surface area contributed by atoms with E-state index in [1.165, 1.54) is 0 Å². The molecular weight excluding hydrogens is 316 g/mol. The molecule has 5 heteroatoms. The van der Waals surface area contributed by atoms with Crippen LogP contribution in [0.25, 0.3) is 0 Å². The van der Waals surface area contributed by atoms with Crippen molar-refractivity contribution in [2.45, 2.75) is 31.8 Å². The summed E-state index contributed by atoms with van der Waals surface area (Å²) in [7, 11) is 1.63. The van der Waals surface area contributed by atoms with Crippen LogP contribution in [-0.2, 0) is 12.0 Å². The molecule has 0 radical (unpaired) electrons. The van der Waals surface area contributed by atoms with Crippen LogP contribution in [0.5, 0.6) is 5.75 Å². The first-order valence-corrected chi connectivity index (χ1v) is 8.52. The van der Waals surface area contributed by atoms with Gasteiger partial charge in [0, 0.05) is 5.69 Å². The maximum Gasteiger partial charge on any atom is 0.319 e. The number of nitrogens with one attached hydrogen (secondary N) is 2. The van der Waals surface area contributed by atoms with Crippen LogP contribution in [0.15, 0.2) is 42.5 Å². The molecule has 1 atom stereocenters. The first-order chi connectivity index (χ1) is 12.0. The number of ether oxygens (including phenoxy) is 1. The van der Waals surface area contributed by atoms with Crippen LogP contribution in [0.4, 0.5) is 10.5 Å². The van der Waals surface area contributed by atoms with E-state index >= 15 is 0 Å². The summed E-state index contributed by atoms with van der Waals surface area (Å²) >= 11 is 0. The van der Waals surface area contributed by atoms with Crippen LogP contribution in [-0.4, -0.2) is 24.8 Å². The Morgan fingerprint density at radius 1 is 1.28 bits per heavy atom. The summed E-state index contributed by atoms with van der Waals surface area (Å²) < 4.78 is 5.26. The van der Waals surface area contributed by atoms with Gasteiger partial charge in [-0.05, 0) is 61.1 Å². The molecule has 0 aromatic heterocycles. The number of para-hydroxylation sites is 1. The van der Waals surface area contributed by atoms with Crippen LogP contribution in [0.1, 0.15) is 29.5 Å². The van der Waals surface area contributed by atoms with Gasteiger partial charge in [0.1, 0.15) is 11.4 Å². The van der Waals surface area contributed by atoms with Crippen molar-refractivity contribution in [1.82, 2.24) is 5.32 Å². The number of fused-ring (bicyclic) bond motifs is 1. The zero-order chi connectivity index (χ0) is 17.9. The number of amides is 2. The lowest BCUT2D eigenvalue weighted by Crippen LogP contribution is -2.44. The van der Waals surface area contributed by atoms with E-state index in [0.717, 1.165) is 41.0 Å². The molecule has 0 bridgehead atoms. The molecule has 0 saturated carbocycles. The highest BCUT2D eigenvalue weighted by molar-refractivity contribution is 5.90. The number of rotatable bonds is 4. The van der Waals surface area contributed by atoms with Crippen molar-refractivity contribution in [2.75, 3.05) is 19.0 Å². The Balaban J connectivity index is 1.69. The van der Waals surface area contributed by atoms with E-state index in [-0.39, 0.29) is 12.6 Å². The summed E-state index contributed by atoms with van der Waals surface area (Å²) in [4.78, 5) is 12.2. The fraction of sp³-hybridized carbons (Fsp3) is 0.350. The van der Waals surface area contributed by atoms with E-state index in [1.807, 2.05) is 49.4 Å². The number of anilines is 1. The molecule has 2 aromatic rings. The number of benzene rings is 2. The third kappa shape index (κ3) is 3.77. The SMILES string of the molecule is COc1ccc2c(c1)CCC[C@@]2(O)CNC(=O)Nc1ccccc1C. The Morgan fingerprint density at radius 2 is 2.08 bits per heavy atom. The van der Waals surface area contributed by atoms with Crippen LogP contribution in [0.2, 0.25) is 0 Å². The van der Waals surface area contributed by atoms with Crippen molar-refractivity contribution in [2.24, 2.45) is 0 Å². The predicted octanol–water partition coefficient (Wildman–Crippen LogP) is 3.35. The summed E-state index contributed by atoms with van der Waals surface area (Å²) in [5.41, 5.74) is 2.65. The lowest BCUT2D eigenvalue weighted by atomic mass is 9.79. The minimum Gasteiger partial charge on any atom is -0.497 e. The molecule has 0 unspecified atom stereocenters. The van der Waals surface area contributed by atoms with E-state index in [1.54, 1.807) is 7.11 Å². The summed E-state index contributed by atoms with van der Waals surface area (Å²) in [6.45, 7) is 2.11. The predicted molar refractivity (Wildman–Crippen MR) is 98.0 cm³/mol. The number of carbonyl (C=O) groups is 1. The van der Waals surface area contributed by atoms with Crippen LogP contribution < -0.4 is 15.4 Å². The molecule has 3 rings (SSSR count). The molecule has 1 aliphatic rings. The third-order valence-electron chi connectivity index (χ3n) is 4.78. The zero-order valence-corrected chi connectivity index (χ0v) is 14.6. The summed E-state index contributed by atoms with van der Waals surface area (Å²) in [6.07, 6.45) is 2.40. The molecule has 3 N–H and O–H groups in total. The van der Waals surface area contributed by atoms with E-state index in [9.17, 15) is 9.90 Å². The first kappa shape index (κ1) is 17.3. The molecule has 0 fully saturated rings. The van der Waals surface area contributed by atoms with Crippen molar-refractivity contribution in [3.05, 3.63) is 59.2 Å². The maximum atomic E-state index is 12.2. The van der Waals surface area contributed by atoms with E-state index in [2.05, 4.69) is 10.6 Å². The third-order valence-corrected chi connectivity index (χ3v) is 4.78. The van der Waals surface area contributed by atoms with Gasteiger partial charge >= 0.3 is 6.03 Å². The lowest BCUT2D eigenvalue weighted by molar-refractivity contribution is 0.0220. The molecule has 1 aliphatic carbocycles. The number of hydrogen-bond donors (Lipinski definition) is 3. The van der Waals surface area contributed by atoms with Gasteiger partial charge in [0.15, 0.2) is 0 Å². The highest BCUT2D eigenvalue weighted by atomic mass is 16.5. The Labute approximate surface area is 148 Å². The topological polar surface area (TPSA) is 70.6 Å². The average Bonchev–Trinajstić information content (AvgIpc) is 2.62. The largest absolute Gasteiger partial charge is 0.497 e. The van der Waals surface area contributed by atoms with E-state index < -0.39 is 5.60 Å². The summed E-state index contributed by atoms with van der Waals surface area (Å²) in [6, 6.07) is 13.0. The van der Waals surface area contributed by atoms with Crippen molar-refractivity contribution < 1.29 is 14.6 Å². The smallest absolute Gasteiger partial charge is 0.319 e. The van der Waals surface area contributed by atoms with Crippen molar-refractivity contribution in [1.29, 1.82) is 0 Å². The van der Waals surface area contributed by atoms with Gasteiger partial charge in [-0.25, -0.2) is 4.79 Å². The number of aliphatic hydroxyl groups is 1. The Kier molecular flexibility index (Phi) is 4.95. The standard InChI is InChI=1S/C20H24N2O3/c1-14-6-3-4-8-18(14)22-19(23)21-13-20(24)11-5-7-15-12-16(25-2)9-10-17(15)20/h3-4,6,8-10,12,24H,5,7,11,13H2,1-2H3,(H2,21,22,23)/t20-/m1/s1. The van der Waals surface area contributed by atoms with Crippen LogP contribution in [0, 0.1) is 6.92 Å². The minimum atomic E-state index is -1.05. The van der Waals surface area contributed by atoms with Gasteiger partial charge in [0.25, 0.3) is 0 Å². The van der Waals surface area contributed by atoms with E-state index in [4.69, 9.17) is 4.74 Å². The Hall–Kier alpha value is -2.53. The highest BCUT2D eigenvalue weighted by Gasteiger charge is 2.34. The Morgan fingerprint density at radius 3 is 2.84 bits per heavy atom. The van der Waals surface area contributed by atoms with Gasteiger partial charge < -0.3 is 20.5 Å². The van der Waals surface area contributed by atoms with E-state index in [0.29, 0.717) is 6.42 Å². The van der Waals surface area contributed by atoms with Crippen molar-refractivity contribution >= 4 is 11.7 Å². The summed E-state index contributed by atoms with van der Waals surface area (Å²) in [5, 5.41) is 16.7. The maximum absolute atomic E-state index is 12.2. The number of hydrogen-bond acceptors (Lipinski definition) is 3. The molecule has 2 amide bonds. The molecule has 0 heterocycles. The second-order valence-corrected chi connectivity index (χ2v) is 6.53. The Bertz CT molecular complexity index is 775. The highest BCUT2D eigenvalue weighted by Crippen LogP contribution is 2.36. The average molecular weight is 340 g/mol. The zero-order valence-electron chi connectivity index (χ0n) is 14.6. The quantitative estimate of drug-likeness (QED) is 0.799. The number of carbonyl (C=O) groups excluding carboxylic acids is 1. The number of methoxy groups -OCH3 is 1. The van der Waals surface area contributed by atoms with Gasteiger partial charge in [-0.3, -0.25) is 0 Å². The molecule has 5 nitrogen and oxygen atoms in total. The normalized spacial score (nSPS) is 19.0. The van der Waals surface area contributed by atoms with Gasteiger partial charge in [0.2, 0.25) is 0 Å². The monoisotopic (exact) mass is 340 g/mol. The molecule has 2 aromatic carbocycles. The molecule has 132 valence electrons. The van der Waals surface area contributed by atoms with Gasteiger partial charge in [-0.15, -0.1) is 0 Å². The fourth-order valence-corrected chi connectivity index (χ4v) is 3.35. The van der Waals surface area contributed by atoms with Gasteiger partial charge in [-0.2, -0.15) is 0 Å². The second kappa shape index (κ2) is 7.15. The fourth-order valence-electron chi connectivity index (χ4n) is 3.35. The van der Waals surface area contributed by atoms with Crippen LogP contribution in [0.3, 0.4) is 0 Å². The number of urea groups is 1. The van der Waals surface area contributed by atoms with Gasteiger partial charge in [0.05, 0.1) is 13.7 Å².